The third-order valence-electron chi connectivity index (χ3n) is 3.88. The first-order chi connectivity index (χ1) is 10.5. The maximum Gasteiger partial charge on any atom is 0.254 e. The number of carbonyl (C=O) groups is 2. The van der Waals surface area contributed by atoms with Gasteiger partial charge in [-0.2, -0.15) is 0 Å². The molecule has 1 aromatic rings. The number of benzene rings is 1. The number of halogens is 2. The first kappa shape index (κ1) is 19.7. The number of nitrogens with one attached hydrogen (secondary N) is 1. The summed E-state index contributed by atoms with van der Waals surface area (Å²) in [5.41, 5.74) is 0.593. The van der Waals surface area contributed by atoms with Crippen molar-refractivity contribution in [3.8, 4) is 0 Å². The Kier molecular flexibility index (Phi) is 7.82. The van der Waals surface area contributed by atoms with Crippen LogP contribution in [0.2, 0.25) is 5.02 Å². The van der Waals surface area contributed by atoms with Gasteiger partial charge in [-0.15, -0.1) is 12.4 Å². The molecule has 1 atom stereocenters. The summed E-state index contributed by atoms with van der Waals surface area (Å²) in [5, 5.41) is 3.57. The van der Waals surface area contributed by atoms with Crippen LogP contribution in [0.25, 0.3) is 0 Å². The fourth-order valence-corrected chi connectivity index (χ4v) is 2.83. The summed E-state index contributed by atoms with van der Waals surface area (Å²) < 4.78 is 0. The monoisotopic (exact) mass is 359 g/mol. The van der Waals surface area contributed by atoms with E-state index in [1.807, 2.05) is 18.9 Å². The van der Waals surface area contributed by atoms with Crippen molar-refractivity contribution in [1.29, 1.82) is 0 Å². The van der Waals surface area contributed by atoms with E-state index < -0.39 is 0 Å². The molecule has 1 unspecified atom stereocenters. The molecule has 0 radical (unpaired) electrons. The number of amides is 2. The van der Waals surface area contributed by atoms with Gasteiger partial charge in [0.05, 0.1) is 0 Å². The number of rotatable bonds is 4. The Bertz CT molecular complexity index is 546. The average Bonchev–Trinajstić information content (AvgIpc) is 2.54. The molecule has 2 amide bonds. The van der Waals surface area contributed by atoms with Crippen LogP contribution in [-0.2, 0) is 4.79 Å². The van der Waals surface area contributed by atoms with Crippen molar-refractivity contribution in [2.45, 2.75) is 6.92 Å². The Morgan fingerprint density at radius 1 is 1.22 bits per heavy atom. The quantitative estimate of drug-likeness (QED) is 0.893. The van der Waals surface area contributed by atoms with E-state index in [4.69, 9.17) is 11.6 Å². The minimum absolute atomic E-state index is 0. The van der Waals surface area contributed by atoms with Crippen molar-refractivity contribution in [2.24, 2.45) is 5.92 Å². The first-order valence-corrected chi connectivity index (χ1v) is 7.89. The smallest absolute Gasteiger partial charge is 0.254 e. The Morgan fingerprint density at radius 3 is 2.39 bits per heavy atom. The molecule has 1 saturated heterocycles. The van der Waals surface area contributed by atoms with E-state index in [2.05, 4.69) is 5.32 Å². The first-order valence-electron chi connectivity index (χ1n) is 7.51. The lowest BCUT2D eigenvalue weighted by Crippen LogP contribution is -2.52. The highest BCUT2D eigenvalue weighted by molar-refractivity contribution is 6.30. The molecule has 5 nitrogen and oxygen atoms in total. The van der Waals surface area contributed by atoms with Crippen LogP contribution in [-0.4, -0.2) is 61.4 Å². The van der Waals surface area contributed by atoms with Gasteiger partial charge in [-0.05, 0) is 25.2 Å². The van der Waals surface area contributed by atoms with Crippen molar-refractivity contribution >= 4 is 35.8 Å². The summed E-state index contributed by atoms with van der Waals surface area (Å²) in [5.74, 6) is 0.0715. The summed E-state index contributed by atoms with van der Waals surface area (Å²) in [7, 11) is 1.84. The third-order valence-corrected chi connectivity index (χ3v) is 4.12. The van der Waals surface area contributed by atoms with Crippen molar-refractivity contribution in [3.63, 3.8) is 0 Å². The van der Waals surface area contributed by atoms with E-state index >= 15 is 0 Å². The minimum Gasteiger partial charge on any atom is -0.339 e. The van der Waals surface area contributed by atoms with Crippen LogP contribution in [0, 0.1) is 5.92 Å². The van der Waals surface area contributed by atoms with Gasteiger partial charge in [0.1, 0.15) is 0 Å². The molecule has 0 aromatic heterocycles. The van der Waals surface area contributed by atoms with Gasteiger partial charge in [-0.3, -0.25) is 9.59 Å². The van der Waals surface area contributed by atoms with E-state index in [-0.39, 0.29) is 30.1 Å². The number of hydrogen-bond donors (Lipinski definition) is 1. The predicted octanol–water partition coefficient (Wildman–Crippen LogP) is 1.90. The van der Waals surface area contributed by atoms with E-state index in [0.29, 0.717) is 43.3 Å². The Balaban J connectivity index is 0.00000264. The van der Waals surface area contributed by atoms with E-state index in [0.717, 1.165) is 0 Å². The third kappa shape index (κ3) is 5.09. The molecule has 1 aliphatic heterocycles. The topological polar surface area (TPSA) is 52.7 Å². The van der Waals surface area contributed by atoms with Gasteiger partial charge < -0.3 is 15.1 Å². The predicted molar refractivity (Wildman–Crippen MR) is 94.3 cm³/mol. The number of piperazine rings is 1. The number of nitrogens with zero attached hydrogens (tertiary/aromatic N) is 2. The molecule has 7 heteroatoms. The number of hydrogen-bond acceptors (Lipinski definition) is 3. The van der Waals surface area contributed by atoms with Crippen molar-refractivity contribution in [1.82, 2.24) is 15.1 Å². The van der Waals surface area contributed by atoms with Crippen LogP contribution in [0.4, 0.5) is 0 Å². The second-order valence-electron chi connectivity index (χ2n) is 5.59. The molecule has 1 heterocycles. The molecule has 2 rings (SSSR count). The van der Waals surface area contributed by atoms with Crippen LogP contribution < -0.4 is 5.32 Å². The molecule has 0 spiro atoms. The summed E-state index contributed by atoms with van der Waals surface area (Å²) >= 11 is 5.93. The van der Waals surface area contributed by atoms with Crippen LogP contribution in [0.15, 0.2) is 24.3 Å². The highest BCUT2D eigenvalue weighted by atomic mass is 35.5. The van der Waals surface area contributed by atoms with Gasteiger partial charge in [0.2, 0.25) is 5.91 Å². The van der Waals surface area contributed by atoms with Crippen molar-refractivity contribution < 1.29 is 9.59 Å². The summed E-state index contributed by atoms with van der Waals surface area (Å²) in [6, 6.07) is 6.96. The molecule has 128 valence electrons. The second kappa shape index (κ2) is 9.11. The SMILES string of the molecule is CNCC(C)C(=O)N1CCN(C(=O)c2cccc(Cl)c2)CC1.Cl. The Hall–Kier alpha value is -1.30. The van der Waals surface area contributed by atoms with E-state index in [1.165, 1.54) is 0 Å². The standard InChI is InChI=1S/C16H22ClN3O2.ClH/c1-12(11-18-2)15(21)19-6-8-20(9-7-19)16(22)13-4-3-5-14(17)10-13;/h3-5,10,12,18H,6-9,11H2,1-2H3;1H. The molecule has 0 saturated carbocycles. The van der Waals surface area contributed by atoms with Crippen LogP contribution in [0.5, 0.6) is 0 Å². The molecule has 1 fully saturated rings. The molecule has 0 bridgehead atoms. The lowest BCUT2D eigenvalue weighted by molar-refractivity contribution is -0.136. The second-order valence-corrected chi connectivity index (χ2v) is 6.02. The highest BCUT2D eigenvalue weighted by Crippen LogP contribution is 2.15. The van der Waals surface area contributed by atoms with Crippen LogP contribution >= 0.6 is 24.0 Å². The fourth-order valence-electron chi connectivity index (χ4n) is 2.64. The van der Waals surface area contributed by atoms with Gasteiger partial charge in [0.15, 0.2) is 0 Å². The Morgan fingerprint density at radius 2 is 1.83 bits per heavy atom. The van der Waals surface area contributed by atoms with E-state index in [9.17, 15) is 9.59 Å². The van der Waals surface area contributed by atoms with Gasteiger partial charge in [0, 0.05) is 49.2 Å². The maximum absolute atomic E-state index is 12.4. The normalized spacial score (nSPS) is 15.8. The summed E-state index contributed by atoms with van der Waals surface area (Å²) in [6.45, 7) is 4.87. The molecule has 0 aliphatic carbocycles. The van der Waals surface area contributed by atoms with Crippen LogP contribution in [0.1, 0.15) is 17.3 Å². The van der Waals surface area contributed by atoms with Gasteiger partial charge in [-0.1, -0.05) is 24.6 Å². The fraction of sp³-hybridized carbons (Fsp3) is 0.500. The molecule has 23 heavy (non-hydrogen) atoms. The minimum atomic E-state index is -0.0415. The number of carbonyl (C=O) groups excluding carboxylic acids is 2. The zero-order chi connectivity index (χ0) is 16.1. The van der Waals surface area contributed by atoms with Crippen LogP contribution in [0.3, 0.4) is 0 Å². The largest absolute Gasteiger partial charge is 0.339 e. The lowest BCUT2D eigenvalue weighted by atomic mass is 10.1. The zero-order valence-electron chi connectivity index (χ0n) is 13.4. The Labute approximate surface area is 148 Å². The average molecular weight is 360 g/mol. The van der Waals surface area contributed by atoms with Crippen molar-refractivity contribution in [2.75, 3.05) is 39.8 Å². The molecule has 1 aromatic carbocycles. The zero-order valence-corrected chi connectivity index (χ0v) is 15.0. The molecule has 1 aliphatic rings. The summed E-state index contributed by atoms with van der Waals surface area (Å²) in [4.78, 5) is 28.3. The molecular weight excluding hydrogens is 337 g/mol. The van der Waals surface area contributed by atoms with Crippen molar-refractivity contribution in [3.05, 3.63) is 34.9 Å². The van der Waals surface area contributed by atoms with E-state index in [1.54, 1.807) is 29.2 Å². The molecular formula is C16H23Cl2N3O2. The van der Waals surface area contributed by atoms with Gasteiger partial charge in [-0.25, -0.2) is 0 Å². The molecule has 1 N–H and O–H groups in total. The summed E-state index contributed by atoms with van der Waals surface area (Å²) in [6.07, 6.45) is 0. The lowest BCUT2D eigenvalue weighted by Gasteiger charge is -2.36. The van der Waals surface area contributed by atoms with Gasteiger partial charge in [0.25, 0.3) is 5.91 Å². The maximum atomic E-state index is 12.4. The highest BCUT2D eigenvalue weighted by Gasteiger charge is 2.27. The van der Waals surface area contributed by atoms with Gasteiger partial charge >= 0.3 is 0 Å².